The van der Waals surface area contributed by atoms with E-state index in [4.69, 9.17) is 4.74 Å². The lowest BCUT2D eigenvalue weighted by molar-refractivity contribution is 0.0917. The Balaban J connectivity index is 1.26. The lowest BCUT2D eigenvalue weighted by atomic mass is 10.1. The number of hydrogen-bond acceptors (Lipinski definition) is 5. The molecule has 1 amide bonds. The predicted octanol–water partition coefficient (Wildman–Crippen LogP) is 3.09. The highest BCUT2D eigenvalue weighted by molar-refractivity contribution is 7.89. The number of ether oxygens (including phenoxy) is 1. The summed E-state index contributed by atoms with van der Waals surface area (Å²) >= 11 is 0. The van der Waals surface area contributed by atoms with E-state index in [0.717, 1.165) is 36.2 Å². The molecule has 0 unspecified atom stereocenters. The highest BCUT2D eigenvalue weighted by Gasteiger charge is 2.32. The Morgan fingerprint density at radius 2 is 1.74 bits per heavy atom. The third kappa shape index (κ3) is 4.55. The molecule has 1 fully saturated rings. The van der Waals surface area contributed by atoms with E-state index in [0.29, 0.717) is 37.4 Å². The van der Waals surface area contributed by atoms with Gasteiger partial charge in [0.1, 0.15) is 11.6 Å². The molecule has 0 atom stereocenters. The number of nitrogens with one attached hydrogen (secondary N) is 1. The highest BCUT2D eigenvalue weighted by Crippen LogP contribution is 2.28. The summed E-state index contributed by atoms with van der Waals surface area (Å²) in [5.41, 5.74) is 3.05. The number of fused-ring (bicyclic) bond motifs is 1. The van der Waals surface area contributed by atoms with Crippen LogP contribution < -0.4 is 10.1 Å². The molecule has 1 aliphatic heterocycles. The van der Waals surface area contributed by atoms with E-state index in [1.807, 2.05) is 0 Å². The minimum atomic E-state index is -3.61. The molecule has 5 rings (SSSR count). The molecule has 2 aromatic carbocycles. The maximum Gasteiger partial charge on any atom is 0.272 e. The second-order valence-corrected chi connectivity index (χ2v) is 10.8. The lowest BCUT2D eigenvalue weighted by Crippen LogP contribution is -2.46. The van der Waals surface area contributed by atoms with Crippen molar-refractivity contribution in [2.75, 3.05) is 20.2 Å². The Kier molecular flexibility index (Phi) is 6.33. The number of methoxy groups -OCH3 is 1. The third-order valence-corrected chi connectivity index (χ3v) is 8.62. The minimum Gasteiger partial charge on any atom is -0.497 e. The molecular formula is C25H27FN4O4S. The fourth-order valence-corrected chi connectivity index (χ4v) is 6.28. The molecule has 0 radical (unpaired) electrons. The summed E-state index contributed by atoms with van der Waals surface area (Å²) in [6.45, 7) is 0.642. The second-order valence-electron chi connectivity index (χ2n) is 8.84. The molecule has 3 aromatic rings. The van der Waals surface area contributed by atoms with E-state index in [9.17, 15) is 17.6 Å². The average molecular weight is 499 g/mol. The van der Waals surface area contributed by atoms with Gasteiger partial charge in [0.25, 0.3) is 5.91 Å². The fraction of sp³-hybridized carbons (Fsp3) is 0.360. The number of hydrogen-bond donors (Lipinski definition) is 1. The first-order chi connectivity index (χ1) is 16.9. The number of halogens is 1. The first-order valence-electron chi connectivity index (χ1n) is 11.7. The molecule has 1 N–H and O–H groups in total. The summed E-state index contributed by atoms with van der Waals surface area (Å²) in [6, 6.07) is 12.3. The topological polar surface area (TPSA) is 93.5 Å². The normalized spacial score (nSPS) is 16.7. The van der Waals surface area contributed by atoms with Gasteiger partial charge in [-0.2, -0.15) is 9.40 Å². The van der Waals surface area contributed by atoms with Crippen molar-refractivity contribution in [2.45, 2.75) is 43.0 Å². The zero-order chi connectivity index (χ0) is 24.6. The van der Waals surface area contributed by atoms with Crippen LogP contribution in [-0.4, -0.2) is 54.7 Å². The summed E-state index contributed by atoms with van der Waals surface area (Å²) in [4.78, 5) is 13.4. The summed E-state index contributed by atoms with van der Waals surface area (Å²) in [5, 5.41) is 7.62. The SMILES string of the molecule is COc1ccc(S(=O)(=O)N2CCC(NC(=O)c3nn(-c4ccc(F)cc4)c4c3CCC4)CC2)cc1. The zero-order valence-electron chi connectivity index (χ0n) is 19.4. The summed E-state index contributed by atoms with van der Waals surface area (Å²) in [5.74, 6) is 0.0232. The molecule has 0 saturated carbocycles. The van der Waals surface area contributed by atoms with E-state index < -0.39 is 10.0 Å². The van der Waals surface area contributed by atoms with Gasteiger partial charge in [-0.15, -0.1) is 0 Å². The van der Waals surface area contributed by atoms with Crippen molar-refractivity contribution in [1.29, 1.82) is 0 Å². The van der Waals surface area contributed by atoms with Crippen LogP contribution in [0.1, 0.15) is 41.0 Å². The average Bonchev–Trinajstić information content (AvgIpc) is 3.48. The summed E-state index contributed by atoms with van der Waals surface area (Å²) in [6.07, 6.45) is 3.56. The molecule has 1 saturated heterocycles. The van der Waals surface area contributed by atoms with Crippen LogP contribution in [-0.2, 0) is 22.9 Å². The van der Waals surface area contributed by atoms with Crippen LogP contribution in [0.25, 0.3) is 5.69 Å². The van der Waals surface area contributed by atoms with E-state index in [1.54, 1.807) is 41.1 Å². The summed E-state index contributed by atoms with van der Waals surface area (Å²) in [7, 11) is -2.07. The van der Waals surface area contributed by atoms with Crippen molar-refractivity contribution in [3.63, 3.8) is 0 Å². The molecule has 8 nitrogen and oxygen atoms in total. The lowest BCUT2D eigenvalue weighted by Gasteiger charge is -2.31. The van der Waals surface area contributed by atoms with Crippen molar-refractivity contribution < 1.29 is 22.3 Å². The Morgan fingerprint density at radius 3 is 2.40 bits per heavy atom. The van der Waals surface area contributed by atoms with Crippen LogP contribution >= 0.6 is 0 Å². The standard InChI is InChI=1S/C25H27FN4O4S/c1-34-20-9-11-21(12-10-20)35(32,33)29-15-13-18(14-16-29)27-25(31)24-22-3-2-4-23(22)30(28-24)19-7-5-17(26)6-8-19/h5-12,18H,2-4,13-16H2,1H3,(H,27,31). The van der Waals surface area contributed by atoms with E-state index in [-0.39, 0.29) is 22.7 Å². The smallest absolute Gasteiger partial charge is 0.272 e. The number of aromatic nitrogens is 2. The van der Waals surface area contributed by atoms with Gasteiger partial charge in [-0.25, -0.2) is 17.5 Å². The number of sulfonamides is 1. The third-order valence-electron chi connectivity index (χ3n) is 6.70. The number of rotatable bonds is 6. The van der Waals surface area contributed by atoms with Gasteiger partial charge >= 0.3 is 0 Å². The van der Waals surface area contributed by atoms with Crippen LogP contribution in [0, 0.1) is 5.82 Å². The van der Waals surface area contributed by atoms with Gasteiger partial charge in [-0.3, -0.25) is 4.79 Å². The van der Waals surface area contributed by atoms with Gasteiger partial charge in [0, 0.05) is 30.4 Å². The van der Waals surface area contributed by atoms with Crippen molar-refractivity contribution >= 4 is 15.9 Å². The quantitative estimate of drug-likeness (QED) is 0.564. The molecule has 35 heavy (non-hydrogen) atoms. The first kappa shape index (κ1) is 23.5. The zero-order valence-corrected chi connectivity index (χ0v) is 20.2. The Morgan fingerprint density at radius 1 is 1.06 bits per heavy atom. The number of carbonyl (C=O) groups excluding carboxylic acids is 1. The van der Waals surface area contributed by atoms with Gasteiger partial charge < -0.3 is 10.1 Å². The maximum atomic E-state index is 13.4. The van der Waals surface area contributed by atoms with Crippen LogP contribution in [0.2, 0.25) is 0 Å². The number of nitrogens with zero attached hydrogens (tertiary/aromatic N) is 3. The first-order valence-corrected chi connectivity index (χ1v) is 13.1. The van der Waals surface area contributed by atoms with E-state index in [1.165, 1.54) is 23.5 Å². The molecule has 184 valence electrons. The molecule has 0 bridgehead atoms. The number of amides is 1. The van der Waals surface area contributed by atoms with Gasteiger partial charge in [-0.05, 0) is 80.6 Å². The van der Waals surface area contributed by atoms with Gasteiger partial charge in [0.2, 0.25) is 10.0 Å². The molecule has 2 aliphatic rings. The number of piperidine rings is 1. The molecule has 0 spiro atoms. The predicted molar refractivity (Wildman–Crippen MR) is 128 cm³/mol. The second kappa shape index (κ2) is 9.43. The Bertz CT molecular complexity index is 1330. The Labute approximate surface area is 203 Å². The largest absolute Gasteiger partial charge is 0.497 e. The van der Waals surface area contributed by atoms with Gasteiger partial charge in [0.05, 0.1) is 17.7 Å². The molecule has 10 heteroatoms. The molecule has 2 heterocycles. The number of benzene rings is 2. The summed E-state index contributed by atoms with van der Waals surface area (Å²) < 4.78 is 47.6. The van der Waals surface area contributed by atoms with Crippen molar-refractivity contribution in [3.8, 4) is 11.4 Å². The van der Waals surface area contributed by atoms with Crippen LogP contribution in [0.5, 0.6) is 5.75 Å². The maximum absolute atomic E-state index is 13.4. The molecular weight excluding hydrogens is 471 g/mol. The molecule has 1 aromatic heterocycles. The highest BCUT2D eigenvalue weighted by atomic mass is 32.2. The van der Waals surface area contributed by atoms with Gasteiger partial charge in [0.15, 0.2) is 5.69 Å². The molecule has 1 aliphatic carbocycles. The van der Waals surface area contributed by atoms with Crippen LogP contribution in [0.4, 0.5) is 4.39 Å². The van der Waals surface area contributed by atoms with Crippen LogP contribution in [0.3, 0.4) is 0 Å². The fourth-order valence-electron chi connectivity index (χ4n) is 4.81. The number of carbonyl (C=O) groups is 1. The monoisotopic (exact) mass is 498 g/mol. The van der Waals surface area contributed by atoms with Crippen molar-refractivity contribution in [1.82, 2.24) is 19.4 Å². The van der Waals surface area contributed by atoms with Crippen molar-refractivity contribution in [3.05, 3.63) is 71.3 Å². The van der Waals surface area contributed by atoms with Gasteiger partial charge in [-0.1, -0.05) is 0 Å². The minimum absolute atomic E-state index is 0.141. The Hall–Kier alpha value is -3.24. The van der Waals surface area contributed by atoms with Crippen LogP contribution in [0.15, 0.2) is 53.4 Å². The van der Waals surface area contributed by atoms with E-state index in [2.05, 4.69) is 10.4 Å². The van der Waals surface area contributed by atoms with Crippen molar-refractivity contribution in [2.24, 2.45) is 0 Å². The van der Waals surface area contributed by atoms with E-state index >= 15 is 0 Å².